The van der Waals surface area contributed by atoms with Crippen LogP contribution in [0.3, 0.4) is 0 Å². The van der Waals surface area contributed by atoms with E-state index in [1.165, 1.54) is 17.4 Å². The molecule has 2 rings (SSSR count). The van der Waals surface area contributed by atoms with E-state index in [1.54, 1.807) is 6.92 Å². The van der Waals surface area contributed by atoms with Crippen LogP contribution < -0.4 is 5.73 Å². The summed E-state index contributed by atoms with van der Waals surface area (Å²) in [5.41, 5.74) is 7.55. The van der Waals surface area contributed by atoms with Crippen LogP contribution in [0.1, 0.15) is 27.6 Å². The van der Waals surface area contributed by atoms with E-state index < -0.39 is 17.7 Å². The first-order valence-corrected chi connectivity index (χ1v) is 6.62. The molecule has 0 aliphatic rings. The van der Waals surface area contributed by atoms with Gasteiger partial charge in [-0.1, -0.05) is 11.6 Å². The molecular weight excluding hydrogens is 276 g/mol. The predicted octanol–water partition coefficient (Wildman–Crippen LogP) is 4.34. The molecule has 5 heteroatoms. The summed E-state index contributed by atoms with van der Waals surface area (Å²) in [4.78, 5) is 0.694. The van der Waals surface area contributed by atoms with Gasteiger partial charge in [0.15, 0.2) is 0 Å². The van der Waals surface area contributed by atoms with Crippen LogP contribution in [0.4, 0.5) is 8.78 Å². The van der Waals surface area contributed by atoms with E-state index in [0.29, 0.717) is 15.5 Å². The minimum absolute atomic E-state index is 0.262. The van der Waals surface area contributed by atoms with Gasteiger partial charge in [-0.3, -0.25) is 0 Å². The average Bonchev–Trinajstić information content (AvgIpc) is 2.64. The van der Waals surface area contributed by atoms with Crippen LogP contribution in [-0.4, -0.2) is 0 Å². The molecule has 0 fully saturated rings. The van der Waals surface area contributed by atoms with E-state index >= 15 is 0 Å². The Hall–Kier alpha value is -0.970. The SMILES string of the molecule is Cc1cc(C(N)c2scc(C)c2Cl)c(F)cc1F. The lowest BCUT2D eigenvalue weighted by atomic mass is 10.0. The van der Waals surface area contributed by atoms with Crippen molar-refractivity contribution in [2.24, 2.45) is 5.73 Å². The maximum absolute atomic E-state index is 13.7. The third-order valence-electron chi connectivity index (χ3n) is 2.82. The summed E-state index contributed by atoms with van der Waals surface area (Å²) in [6, 6.07) is 1.62. The predicted molar refractivity (Wildman–Crippen MR) is 71.2 cm³/mol. The number of benzene rings is 1. The van der Waals surface area contributed by atoms with E-state index in [2.05, 4.69) is 0 Å². The molecule has 0 amide bonds. The number of nitrogens with two attached hydrogens (primary N) is 1. The van der Waals surface area contributed by atoms with E-state index in [0.717, 1.165) is 11.6 Å². The number of hydrogen-bond acceptors (Lipinski definition) is 2. The summed E-state index contributed by atoms with van der Waals surface area (Å²) in [5.74, 6) is -1.22. The van der Waals surface area contributed by atoms with Gasteiger partial charge in [0.1, 0.15) is 11.6 Å². The Labute approximate surface area is 113 Å². The molecule has 2 N–H and O–H groups in total. The van der Waals surface area contributed by atoms with Crippen molar-refractivity contribution in [2.45, 2.75) is 19.9 Å². The molecule has 1 aromatic heterocycles. The number of rotatable bonds is 2. The van der Waals surface area contributed by atoms with Gasteiger partial charge in [-0.05, 0) is 36.4 Å². The highest BCUT2D eigenvalue weighted by Gasteiger charge is 2.20. The van der Waals surface area contributed by atoms with Crippen molar-refractivity contribution < 1.29 is 8.78 Å². The Morgan fingerprint density at radius 3 is 2.39 bits per heavy atom. The van der Waals surface area contributed by atoms with E-state index in [4.69, 9.17) is 17.3 Å². The monoisotopic (exact) mass is 287 g/mol. The molecule has 0 spiro atoms. The summed E-state index contributed by atoms with van der Waals surface area (Å²) in [6.45, 7) is 3.44. The molecule has 1 nitrogen and oxygen atoms in total. The van der Waals surface area contributed by atoms with Gasteiger partial charge in [0.2, 0.25) is 0 Å². The van der Waals surface area contributed by atoms with Crippen LogP contribution in [0.25, 0.3) is 0 Å². The lowest BCUT2D eigenvalue weighted by Gasteiger charge is -2.13. The molecule has 1 unspecified atom stereocenters. The molecule has 18 heavy (non-hydrogen) atoms. The maximum atomic E-state index is 13.7. The molecule has 0 radical (unpaired) electrons. The third-order valence-corrected chi connectivity index (χ3v) is 4.62. The van der Waals surface area contributed by atoms with Crippen LogP contribution >= 0.6 is 22.9 Å². The van der Waals surface area contributed by atoms with Crippen molar-refractivity contribution in [3.63, 3.8) is 0 Å². The highest BCUT2D eigenvalue weighted by molar-refractivity contribution is 7.10. The van der Waals surface area contributed by atoms with E-state index in [-0.39, 0.29) is 5.56 Å². The topological polar surface area (TPSA) is 26.0 Å². The molecule has 1 aromatic carbocycles. The van der Waals surface area contributed by atoms with Crippen LogP contribution in [0.2, 0.25) is 5.02 Å². The minimum Gasteiger partial charge on any atom is -0.319 e. The van der Waals surface area contributed by atoms with Crippen molar-refractivity contribution in [2.75, 3.05) is 0 Å². The van der Waals surface area contributed by atoms with Gasteiger partial charge < -0.3 is 5.73 Å². The van der Waals surface area contributed by atoms with E-state index in [9.17, 15) is 8.78 Å². The normalized spacial score (nSPS) is 12.8. The first kappa shape index (κ1) is 13.5. The van der Waals surface area contributed by atoms with Crippen LogP contribution in [0, 0.1) is 25.5 Å². The van der Waals surface area contributed by atoms with Crippen molar-refractivity contribution in [3.8, 4) is 0 Å². The quantitative estimate of drug-likeness (QED) is 0.873. The Balaban J connectivity index is 2.49. The largest absolute Gasteiger partial charge is 0.319 e. The Morgan fingerprint density at radius 2 is 1.83 bits per heavy atom. The van der Waals surface area contributed by atoms with Gasteiger partial charge in [0.25, 0.3) is 0 Å². The fourth-order valence-corrected chi connectivity index (χ4v) is 3.05. The zero-order valence-electron chi connectivity index (χ0n) is 9.93. The summed E-state index contributed by atoms with van der Waals surface area (Å²) in [5, 5.41) is 2.42. The molecule has 96 valence electrons. The zero-order chi connectivity index (χ0) is 13.4. The van der Waals surface area contributed by atoms with Crippen LogP contribution in [0.5, 0.6) is 0 Å². The summed E-state index contributed by atoms with van der Waals surface area (Å²) in [6.07, 6.45) is 0. The lowest BCUT2D eigenvalue weighted by molar-refractivity contribution is 0.561. The fraction of sp³-hybridized carbons (Fsp3) is 0.231. The van der Waals surface area contributed by atoms with Gasteiger partial charge in [-0.15, -0.1) is 11.3 Å². The van der Waals surface area contributed by atoms with E-state index in [1.807, 2.05) is 12.3 Å². The Kier molecular flexibility index (Phi) is 3.71. The zero-order valence-corrected chi connectivity index (χ0v) is 11.5. The highest BCUT2D eigenvalue weighted by atomic mass is 35.5. The standard InChI is InChI=1S/C13H12ClF2NS/c1-6-3-8(10(16)4-9(6)15)12(17)13-11(14)7(2)5-18-13/h3-5,12H,17H2,1-2H3. The Bertz CT molecular complexity index is 595. The summed E-state index contributed by atoms with van der Waals surface area (Å²) in [7, 11) is 0. The highest BCUT2D eigenvalue weighted by Crippen LogP contribution is 2.35. The molecule has 0 saturated heterocycles. The molecule has 1 heterocycles. The van der Waals surface area contributed by atoms with Crippen LogP contribution in [0.15, 0.2) is 17.5 Å². The minimum atomic E-state index is -0.671. The molecule has 0 aliphatic heterocycles. The van der Waals surface area contributed by atoms with Gasteiger partial charge in [-0.2, -0.15) is 0 Å². The number of thiophene rings is 1. The maximum Gasteiger partial charge on any atom is 0.131 e. The second kappa shape index (κ2) is 4.96. The molecule has 0 bridgehead atoms. The fourth-order valence-electron chi connectivity index (χ4n) is 1.72. The van der Waals surface area contributed by atoms with Crippen molar-refractivity contribution in [3.05, 3.63) is 55.7 Å². The average molecular weight is 288 g/mol. The van der Waals surface area contributed by atoms with Gasteiger partial charge in [0, 0.05) is 16.5 Å². The van der Waals surface area contributed by atoms with Gasteiger partial charge in [-0.25, -0.2) is 8.78 Å². The van der Waals surface area contributed by atoms with Crippen molar-refractivity contribution in [1.29, 1.82) is 0 Å². The number of hydrogen-bond donors (Lipinski definition) is 1. The molecule has 2 aromatic rings. The summed E-state index contributed by atoms with van der Waals surface area (Å²) < 4.78 is 27.0. The number of aryl methyl sites for hydroxylation is 2. The first-order valence-electron chi connectivity index (χ1n) is 5.36. The van der Waals surface area contributed by atoms with Crippen LogP contribution in [-0.2, 0) is 0 Å². The van der Waals surface area contributed by atoms with Crippen molar-refractivity contribution >= 4 is 22.9 Å². The first-order chi connectivity index (χ1) is 8.41. The second-order valence-electron chi connectivity index (χ2n) is 4.20. The Morgan fingerprint density at radius 1 is 1.17 bits per heavy atom. The molecule has 1 atom stereocenters. The van der Waals surface area contributed by atoms with Crippen molar-refractivity contribution in [1.82, 2.24) is 0 Å². The molecule has 0 saturated carbocycles. The summed E-state index contributed by atoms with van der Waals surface area (Å²) >= 11 is 7.49. The molecular formula is C13H12ClF2NS. The second-order valence-corrected chi connectivity index (χ2v) is 5.49. The third kappa shape index (κ3) is 2.28. The lowest BCUT2D eigenvalue weighted by Crippen LogP contribution is -2.13. The molecule has 0 aliphatic carbocycles. The smallest absolute Gasteiger partial charge is 0.131 e. The van der Waals surface area contributed by atoms with Gasteiger partial charge >= 0.3 is 0 Å². The van der Waals surface area contributed by atoms with Gasteiger partial charge in [0.05, 0.1) is 11.1 Å². The number of halogens is 3.